The number of hydrogen-bond acceptors (Lipinski definition) is 3. The van der Waals surface area contributed by atoms with Crippen molar-refractivity contribution < 1.29 is 9.47 Å². The lowest BCUT2D eigenvalue weighted by Crippen LogP contribution is -2.28. The Hall–Kier alpha value is -0.740. The Kier molecular flexibility index (Phi) is 7.38. The Balaban J connectivity index is 3.14. The van der Waals surface area contributed by atoms with Crippen molar-refractivity contribution in [3.8, 4) is 11.5 Å². The van der Waals surface area contributed by atoms with Crippen molar-refractivity contribution in [2.75, 3.05) is 14.2 Å². The number of benzene rings is 1. The van der Waals surface area contributed by atoms with E-state index in [1.165, 1.54) is 18.4 Å². The molecule has 0 aromatic heterocycles. The van der Waals surface area contributed by atoms with Crippen LogP contribution in [0.25, 0.3) is 0 Å². The largest absolute Gasteiger partial charge is 0.495 e. The third kappa shape index (κ3) is 4.38. The molecule has 0 saturated heterocycles. The van der Waals surface area contributed by atoms with Gasteiger partial charge in [0.15, 0.2) is 0 Å². The zero-order chi connectivity index (χ0) is 15.1. The third-order valence-electron chi connectivity index (χ3n) is 3.27. The normalized spacial score (nSPS) is 12.6. The van der Waals surface area contributed by atoms with Gasteiger partial charge in [-0.1, -0.05) is 33.6 Å². The molecule has 3 nitrogen and oxygen atoms in total. The van der Waals surface area contributed by atoms with E-state index in [0.717, 1.165) is 22.4 Å². The molecule has 0 saturated carbocycles. The predicted molar refractivity (Wildman–Crippen MR) is 87.8 cm³/mol. The smallest absolute Gasteiger partial charge is 0.141 e. The van der Waals surface area contributed by atoms with Crippen molar-refractivity contribution in [3.05, 3.63) is 22.2 Å². The number of ether oxygens (including phenoxy) is 2. The molecular weight excluding hydrogens is 318 g/mol. The molecule has 1 unspecified atom stereocenters. The van der Waals surface area contributed by atoms with Crippen LogP contribution in [0.2, 0.25) is 0 Å². The lowest BCUT2D eigenvalue weighted by atomic mass is 9.99. The zero-order valence-electron chi connectivity index (χ0n) is 13.1. The predicted octanol–water partition coefficient (Wildman–Crippen LogP) is 4.70. The van der Waals surface area contributed by atoms with Crippen LogP contribution in [0.4, 0.5) is 0 Å². The quantitative estimate of drug-likeness (QED) is 0.742. The van der Waals surface area contributed by atoms with Crippen LogP contribution in [0.3, 0.4) is 0 Å². The van der Waals surface area contributed by atoms with Gasteiger partial charge in [0.25, 0.3) is 0 Å². The highest BCUT2D eigenvalue weighted by Gasteiger charge is 2.20. The summed E-state index contributed by atoms with van der Waals surface area (Å²) >= 11 is 3.58. The van der Waals surface area contributed by atoms with Gasteiger partial charge in [0, 0.05) is 17.6 Å². The van der Waals surface area contributed by atoms with Crippen LogP contribution in [-0.4, -0.2) is 20.3 Å². The maximum Gasteiger partial charge on any atom is 0.141 e. The summed E-state index contributed by atoms with van der Waals surface area (Å²) in [4.78, 5) is 0. The molecular formula is C16H26BrNO2. The van der Waals surface area contributed by atoms with Crippen molar-refractivity contribution in [3.63, 3.8) is 0 Å². The van der Waals surface area contributed by atoms with E-state index in [0.29, 0.717) is 12.1 Å². The van der Waals surface area contributed by atoms with Crippen LogP contribution in [0.5, 0.6) is 11.5 Å². The summed E-state index contributed by atoms with van der Waals surface area (Å²) in [6, 6.07) is 4.82. The Morgan fingerprint density at radius 1 is 1.20 bits per heavy atom. The van der Waals surface area contributed by atoms with Crippen molar-refractivity contribution in [2.24, 2.45) is 0 Å². The van der Waals surface area contributed by atoms with Crippen molar-refractivity contribution in [2.45, 2.75) is 52.1 Å². The Bertz CT molecular complexity index is 421. The Labute approximate surface area is 131 Å². The molecule has 1 rings (SSSR count). The van der Waals surface area contributed by atoms with E-state index >= 15 is 0 Å². The van der Waals surface area contributed by atoms with Gasteiger partial charge >= 0.3 is 0 Å². The second-order valence-electron chi connectivity index (χ2n) is 5.22. The lowest BCUT2D eigenvalue weighted by Gasteiger charge is -2.24. The van der Waals surface area contributed by atoms with E-state index in [4.69, 9.17) is 9.47 Å². The van der Waals surface area contributed by atoms with E-state index in [1.54, 1.807) is 14.2 Å². The average Bonchev–Trinajstić information content (AvgIpc) is 2.42. The van der Waals surface area contributed by atoms with E-state index < -0.39 is 0 Å². The van der Waals surface area contributed by atoms with Gasteiger partial charge in [-0.15, -0.1) is 0 Å². The van der Waals surface area contributed by atoms with Gasteiger partial charge < -0.3 is 14.8 Å². The number of nitrogens with one attached hydrogen (secondary N) is 1. The average molecular weight is 344 g/mol. The topological polar surface area (TPSA) is 30.5 Å². The summed E-state index contributed by atoms with van der Waals surface area (Å²) < 4.78 is 11.8. The maximum absolute atomic E-state index is 5.59. The molecule has 114 valence electrons. The second-order valence-corrected chi connectivity index (χ2v) is 6.01. The molecule has 0 bridgehead atoms. The lowest BCUT2D eigenvalue weighted by molar-refractivity contribution is 0.370. The summed E-state index contributed by atoms with van der Waals surface area (Å²) in [5.74, 6) is 1.66. The molecule has 1 atom stereocenters. The number of methoxy groups -OCH3 is 2. The fourth-order valence-corrected chi connectivity index (χ4v) is 3.02. The molecule has 20 heavy (non-hydrogen) atoms. The third-order valence-corrected chi connectivity index (χ3v) is 4.02. The molecule has 1 aromatic carbocycles. The standard InChI is InChI=1S/C16H26BrNO2/c1-6-7-8-13(18-11(2)3)12-9-10-14(19-4)15(17)16(12)20-5/h9-11,13,18H,6-8H2,1-5H3. The molecule has 0 aliphatic rings. The number of hydrogen-bond donors (Lipinski definition) is 1. The fourth-order valence-electron chi connectivity index (χ4n) is 2.33. The van der Waals surface area contributed by atoms with E-state index in [2.05, 4.69) is 48.1 Å². The minimum Gasteiger partial charge on any atom is -0.495 e. The molecule has 0 heterocycles. The van der Waals surface area contributed by atoms with Gasteiger partial charge in [-0.3, -0.25) is 0 Å². The molecule has 0 aliphatic heterocycles. The molecule has 4 heteroatoms. The van der Waals surface area contributed by atoms with Crippen LogP contribution >= 0.6 is 15.9 Å². The van der Waals surface area contributed by atoms with Crippen LogP contribution in [0.1, 0.15) is 51.6 Å². The molecule has 0 fully saturated rings. The maximum atomic E-state index is 5.59. The van der Waals surface area contributed by atoms with E-state index in [1.807, 2.05) is 6.07 Å². The number of halogens is 1. The fraction of sp³-hybridized carbons (Fsp3) is 0.625. The number of unbranched alkanes of at least 4 members (excludes halogenated alkanes) is 1. The van der Waals surface area contributed by atoms with Gasteiger partial charge in [0.2, 0.25) is 0 Å². The van der Waals surface area contributed by atoms with Crippen molar-refractivity contribution >= 4 is 15.9 Å². The van der Waals surface area contributed by atoms with E-state index in [9.17, 15) is 0 Å². The minimum atomic E-state index is 0.298. The molecule has 1 aromatic rings. The minimum absolute atomic E-state index is 0.298. The SMILES string of the molecule is CCCCC(NC(C)C)c1ccc(OC)c(Br)c1OC. The van der Waals surface area contributed by atoms with E-state index in [-0.39, 0.29) is 0 Å². The molecule has 0 amide bonds. The molecule has 1 N–H and O–H groups in total. The van der Waals surface area contributed by atoms with Crippen LogP contribution in [0, 0.1) is 0 Å². The highest BCUT2D eigenvalue weighted by atomic mass is 79.9. The summed E-state index contributed by atoms with van der Waals surface area (Å²) in [6.45, 7) is 6.56. The first-order chi connectivity index (χ1) is 9.54. The second kappa shape index (κ2) is 8.53. The highest BCUT2D eigenvalue weighted by Crippen LogP contribution is 2.40. The van der Waals surface area contributed by atoms with Crippen LogP contribution in [-0.2, 0) is 0 Å². The zero-order valence-corrected chi connectivity index (χ0v) is 14.7. The van der Waals surface area contributed by atoms with Gasteiger partial charge in [0.05, 0.1) is 14.2 Å². The van der Waals surface area contributed by atoms with Crippen molar-refractivity contribution in [1.82, 2.24) is 5.32 Å². The molecule has 0 radical (unpaired) electrons. The molecule has 0 aliphatic carbocycles. The van der Waals surface area contributed by atoms with Gasteiger partial charge in [-0.05, 0) is 34.5 Å². The first-order valence-corrected chi connectivity index (χ1v) is 8.00. The van der Waals surface area contributed by atoms with Gasteiger partial charge in [0.1, 0.15) is 16.0 Å². The summed E-state index contributed by atoms with van der Waals surface area (Å²) in [6.07, 6.45) is 3.48. The van der Waals surface area contributed by atoms with Crippen LogP contribution in [0.15, 0.2) is 16.6 Å². The van der Waals surface area contributed by atoms with Crippen molar-refractivity contribution in [1.29, 1.82) is 0 Å². The van der Waals surface area contributed by atoms with Gasteiger partial charge in [-0.2, -0.15) is 0 Å². The Morgan fingerprint density at radius 3 is 2.40 bits per heavy atom. The number of rotatable bonds is 8. The van der Waals surface area contributed by atoms with Crippen LogP contribution < -0.4 is 14.8 Å². The first kappa shape index (κ1) is 17.3. The highest BCUT2D eigenvalue weighted by molar-refractivity contribution is 9.10. The Morgan fingerprint density at radius 2 is 1.90 bits per heavy atom. The molecule has 0 spiro atoms. The summed E-state index contributed by atoms with van der Waals surface area (Å²) in [7, 11) is 3.37. The first-order valence-electron chi connectivity index (χ1n) is 7.21. The monoisotopic (exact) mass is 343 g/mol. The summed E-state index contributed by atoms with van der Waals surface area (Å²) in [5.41, 5.74) is 1.18. The van der Waals surface area contributed by atoms with Gasteiger partial charge in [-0.25, -0.2) is 0 Å². The summed E-state index contributed by atoms with van der Waals surface area (Å²) in [5, 5.41) is 3.63.